The van der Waals surface area contributed by atoms with E-state index in [4.69, 9.17) is 4.74 Å². The number of carbonyl (C=O) groups is 1. The summed E-state index contributed by atoms with van der Waals surface area (Å²) in [6.45, 7) is 3.28. The minimum absolute atomic E-state index is 0.0892. The average Bonchev–Trinajstić information content (AvgIpc) is 2.52. The number of nitrogens with zero attached hydrogens (tertiary/aromatic N) is 2. The second-order valence-electron chi connectivity index (χ2n) is 4.90. The highest BCUT2D eigenvalue weighted by Gasteiger charge is 2.15. The number of nitrogens with one attached hydrogen (secondary N) is 1. The second kappa shape index (κ2) is 7.51. The number of benzene rings is 1. The topological polar surface area (TPSA) is 84.3 Å². The molecule has 0 spiro atoms. The first-order chi connectivity index (χ1) is 10.6. The van der Waals surface area contributed by atoms with Crippen molar-refractivity contribution in [3.05, 3.63) is 41.6 Å². The first-order valence-electron chi connectivity index (χ1n) is 7.02. The van der Waals surface area contributed by atoms with E-state index in [1.54, 1.807) is 7.11 Å². The number of aromatic carboxylic acids is 1. The highest BCUT2D eigenvalue weighted by molar-refractivity contribution is 5.94. The molecule has 0 aliphatic rings. The van der Waals surface area contributed by atoms with Crippen LogP contribution in [0.15, 0.2) is 30.5 Å². The van der Waals surface area contributed by atoms with Gasteiger partial charge in [-0.2, -0.15) is 0 Å². The molecular formula is C16H19N3O3. The van der Waals surface area contributed by atoms with Crippen molar-refractivity contribution < 1.29 is 14.6 Å². The van der Waals surface area contributed by atoms with Gasteiger partial charge in [0.25, 0.3) is 0 Å². The quantitative estimate of drug-likeness (QED) is 0.765. The molecule has 0 saturated carbocycles. The molecule has 0 bridgehead atoms. The van der Waals surface area contributed by atoms with Gasteiger partial charge in [0.15, 0.2) is 0 Å². The zero-order valence-electron chi connectivity index (χ0n) is 12.7. The number of aryl methyl sites for hydroxylation is 1. The van der Waals surface area contributed by atoms with Gasteiger partial charge in [-0.25, -0.2) is 14.8 Å². The molecule has 1 aromatic carbocycles. The number of carboxylic acid groups (broad SMARTS) is 1. The van der Waals surface area contributed by atoms with Crippen LogP contribution in [0.4, 0.5) is 5.95 Å². The molecule has 6 nitrogen and oxygen atoms in total. The lowest BCUT2D eigenvalue weighted by atomic mass is 10.1. The largest absolute Gasteiger partial charge is 0.478 e. The molecule has 0 amide bonds. The Morgan fingerprint density at radius 1 is 1.32 bits per heavy atom. The summed E-state index contributed by atoms with van der Waals surface area (Å²) in [6.07, 6.45) is 2.16. The Labute approximate surface area is 129 Å². The molecule has 1 aromatic heterocycles. The predicted molar refractivity (Wildman–Crippen MR) is 84.1 cm³/mol. The maximum absolute atomic E-state index is 11.4. The summed E-state index contributed by atoms with van der Waals surface area (Å²) >= 11 is 0. The Kier molecular flexibility index (Phi) is 5.43. The van der Waals surface area contributed by atoms with Crippen molar-refractivity contribution in [3.63, 3.8) is 0 Å². The van der Waals surface area contributed by atoms with Crippen molar-refractivity contribution in [3.8, 4) is 11.3 Å². The Balaban J connectivity index is 2.28. The van der Waals surface area contributed by atoms with Crippen LogP contribution in [0.2, 0.25) is 0 Å². The molecule has 0 aliphatic heterocycles. The highest BCUT2D eigenvalue weighted by Crippen LogP contribution is 2.23. The van der Waals surface area contributed by atoms with Crippen LogP contribution >= 0.6 is 0 Å². The number of hydrogen-bond acceptors (Lipinski definition) is 5. The lowest BCUT2D eigenvalue weighted by molar-refractivity contribution is 0.0697. The zero-order valence-corrected chi connectivity index (χ0v) is 12.7. The number of aromatic nitrogens is 2. The van der Waals surface area contributed by atoms with Crippen LogP contribution in [0.1, 0.15) is 22.3 Å². The molecule has 1 heterocycles. The smallest absolute Gasteiger partial charge is 0.339 e. The molecule has 2 rings (SSSR count). The van der Waals surface area contributed by atoms with E-state index in [9.17, 15) is 9.90 Å². The van der Waals surface area contributed by atoms with Crippen LogP contribution in [-0.2, 0) is 4.74 Å². The lowest BCUT2D eigenvalue weighted by Crippen LogP contribution is -2.10. The highest BCUT2D eigenvalue weighted by atomic mass is 16.5. The van der Waals surface area contributed by atoms with Gasteiger partial charge < -0.3 is 15.2 Å². The summed E-state index contributed by atoms with van der Waals surface area (Å²) in [4.78, 5) is 19.8. The Morgan fingerprint density at radius 2 is 2.05 bits per heavy atom. The SMILES string of the molecule is COCCCNc1ncc(C(=O)O)c(-c2ccc(C)cc2)n1. The first kappa shape index (κ1) is 15.9. The van der Waals surface area contributed by atoms with E-state index in [-0.39, 0.29) is 5.56 Å². The Morgan fingerprint density at radius 3 is 2.68 bits per heavy atom. The van der Waals surface area contributed by atoms with Gasteiger partial charge in [0.1, 0.15) is 5.56 Å². The van der Waals surface area contributed by atoms with Crippen molar-refractivity contribution in [1.82, 2.24) is 9.97 Å². The number of carboxylic acids is 1. The third kappa shape index (κ3) is 4.02. The van der Waals surface area contributed by atoms with Crippen molar-refractivity contribution in [2.45, 2.75) is 13.3 Å². The third-order valence-corrected chi connectivity index (χ3v) is 3.15. The van der Waals surface area contributed by atoms with Crippen LogP contribution in [0.5, 0.6) is 0 Å². The van der Waals surface area contributed by atoms with Crippen LogP contribution in [-0.4, -0.2) is 41.3 Å². The molecule has 6 heteroatoms. The van der Waals surface area contributed by atoms with Crippen LogP contribution < -0.4 is 5.32 Å². The Hall–Kier alpha value is -2.47. The summed E-state index contributed by atoms with van der Waals surface area (Å²) in [5.74, 6) is -0.627. The van der Waals surface area contributed by atoms with Gasteiger partial charge in [-0.1, -0.05) is 29.8 Å². The van der Waals surface area contributed by atoms with E-state index in [2.05, 4.69) is 15.3 Å². The first-order valence-corrected chi connectivity index (χ1v) is 7.02. The van der Waals surface area contributed by atoms with Crippen LogP contribution in [0, 0.1) is 6.92 Å². The second-order valence-corrected chi connectivity index (χ2v) is 4.90. The molecule has 0 radical (unpaired) electrons. The zero-order chi connectivity index (χ0) is 15.9. The molecule has 0 aliphatic carbocycles. The predicted octanol–water partition coefficient (Wildman–Crippen LogP) is 2.60. The molecule has 0 atom stereocenters. The van der Waals surface area contributed by atoms with Gasteiger partial charge in [0, 0.05) is 32.0 Å². The summed E-state index contributed by atoms with van der Waals surface area (Å²) in [5, 5.41) is 12.4. The monoisotopic (exact) mass is 301 g/mol. The number of ether oxygens (including phenoxy) is 1. The molecule has 2 aromatic rings. The summed E-state index contributed by atoms with van der Waals surface area (Å²) in [7, 11) is 1.65. The molecule has 22 heavy (non-hydrogen) atoms. The standard InChI is InChI=1S/C16H19N3O3/c1-11-4-6-12(7-5-11)14-13(15(20)21)10-18-16(19-14)17-8-3-9-22-2/h4-7,10H,3,8-9H2,1-2H3,(H,20,21)(H,17,18,19). The number of anilines is 1. The molecule has 116 valence electrons. The van der Waals surface area contributed by atoms with E-state index in [0.29, 0.717) is 24.8 Å². The van der Waals surface area contributed by atoms with Gasteiger partial charge in [-0.3, -0.25) is 0 Å². The molecular weight excluding hydrogens is 282 g/mol. The van der Waals surface area contributed by atoms with Crippen LogP contribution in [0.3, 0.4) is 0 Å². The van der Waals surface area contributed by atoms with E-state index >= 15 is 0 Å². The van der Waals surface area contributed by atoms with Gasteiger partial charge in [0.2, 0.25) is 5.95 Å². The fourth-order valence-corrected chi connectivity index (χ4v) is 1.97. The fraction of sp³-hybridized carbons (Fsp3) is 0.312. The molecule has 0 unspecified atom stereocenters. The molecule has 2 N–H and O–H groups in total. The molecule has 0 saturated heterocycles. The fourth-order valence-electron chi connectivity index (χ4n) is 1.97. The van der Waals surface area contributed by atoms with Gasteiger partial charge in [0.05, 0.1) is 5.69 Å². The van der Waals surface area contributed by atoms with E-state index in [0.717, 1.165) is 17.5 Å². The maximum atomic E-state index is 11.4. The number of rotatable bonds is 7. The molecule has 0 fully saturated rings. The minimum Gasteiger partial charge on any atom is -0.478 e. The van der Waals surface area contributed by atoms with Crippen molar-refractivity contribution in [2.75, 3.05) is 25.6 Å². The van der Waals surface area contributed by atoms with Crippen LogP contribution in [0.25, 0.3) is 11.3 Å². The average molecular weight is 301 g/mol. The number of methoxy groups -OCH3 is 1. The van der Waals surface area contributed by atoms with Gasteiger partial charge in [-0.05, 0) is 13.3 Å². The van der Waals surface area contributed by atoms with Crippen molar-refractivity contribution >= 4 is 11.9 Å². The van der Waals surface area contributed by atoms with E-state index in [1.807, 2.05) is 31.2 Å². The normalized spacial score (nSPS) is 10.5. The Bertz CT molecular complexity index is 642. The minimum atomic E-state index is -1.04. The number of hydrogen-bond donors (Lipinski definition) is 2. The lowest BCUT2D eigenvalue weighted by Gasteiger charge is -2.09. The van der Waals surface area contributed by atoms with E-state index in [1.165, 1.54) is 6.20 Å². The third-order valence-electron chi connectivity index (χ3n) is 3.15. The van der Waals surface area contributed by atoms with Crippen molar-refractivity contribution in [1.29, 1.82) is 0 Å². The maximum Gasteiger partial charge on any atom is 0.339 e. The summed E-state index contributed by atoms with van der Waals surface area (Å²) in [6, 6.07) is 7.57. The van der Waals surface area contributed by atoms with Gasteiger partial charge in [-0.15, -0.1) is 0 Å². The van der Waals surface area contributed by atoms with Gasteiger partial charge >= 0.3 is 5.97 Å². The van der Waals surface area contributed by atoms with E-state index < -0.39 is 5.97 Å². The summed E-state index contributed by atoms with van der Waals surface area (Å²) in [5.41, 5.74) is 2.36. The van der Waals surface area contributed by atoms with Crippen molar-refractivity contribution in [2.24, 2.45) is 0 Å². The summed E-state index contributed by atoms with van der Waals surface area (Å²) < 4.78 is 4.98.